The van der Waals surface area contributed by atoms with Crippen molar-refractivity contribution in [3.8, 4) is 0 Å². The molecule has 0 aliphatic rings. The number of sulfonamides is 1. The molecule has 0 saturated heterocycles. The van der Waals surface area contributed by atoms with Gasteiger partial charge in [0, 0.05) is 34.1 Å². The third kappa shape index (κ3) is 3.09. The molecule has 0 aliphatic carbocycles. The molecule has 1 heterocycles. The van der Waals surface area contributed by atoms with Gasteiger partial charge in [0.1, 0.15) is 0 Å². The van der Waals surface area contributed by atoms with Gasteiger partial charge in [-0.25, -0.2) is 13.1 Å². The number of benzene rings is 3. The molecule has 0 atom stereocenters. The lowest BCUT2D eigenvalue weighted by atomic mass is 10.1. The molecule has 1 aromatic heterocycles. The van der Waals surface area contributed by atoms with E-state index in [-0.39, 0.29) is 4.90 Å². The predicted molar refractivity (Wildman–Crippen MR) is 106 cm³/mol. The molecule has 0 radical (unpaired) electrons. The van der Waals surface area contributed by atoms with Crippen LogP contribution in [-0.2, 0) is 16.4 Å². The highest BCUT2D eigenvalue weighted by Gasteiger charge is 2.18. The Labute approximate surface area is 156 Å². The van der Waals surface area contributed by atoms with Crippen molar-refractivity contribution in [2.45, 2.75) is 11.3 Å². The van der Waals surface area contributed by atoms with Crippen molar-refractivity contribution in [3.63, 3.8) is 0 Å². The van der Waals surface area contributed by atoms with Crippen LogP contribution < -0.4 is 4.72 Å². The van der Waals surface area contributed by atoms with E-state index in [1.165, 1.54) is 0 Å². The SMILES string of the molecule is O=S(=O)(NCCc1c[nH]c2ccccc12)c1cccc2cccc(Cl)c12. The second kappa shape index (κ2) is 6.76. The van der Waals surface area contributed by atoms with Crippen LogP contribution in [0.25, 0.3) is 21.7 Å². The fourth-order valence-electron chi connectivity index (χ4n) is 3.22. The average molecular weight is 385 g/mol. The number of aromatic nitrogens is 1. The zero-order chi connectivity index (χ0) is 18.1. The number of halogens is 1. The third-order valence-corrected chi connectivity index (χ3v) is 6.28. The van der Waals surface area contributed by atoms with Crippen molar-refractivity contribution < 1.29 is 8.42 Å². The molecule has 0 bridgehead atoms. The Morgan fingerprint density at radius 1 is 0.962 bits per heavy atom. The molecule has 0 unspecified atom stereocenters. The molecule has 4 rings (SSSR count). The van der Waals surface area contributed by atoms with E-state index in [0.29, 0.717) is 23.4 Å². The van der Waals surface area contributed by atoms with Crippen molar-refractivity contribution >= 4 is 43.3 Å². The molecular formula is C20H17ClN2O2S. The van der Waals surface area contributed by atoms with Crippen LogP contribution in [0.3, 0.4) is 0 Å². The monoisotopic (exact) mass is 384 g/mol. The summed E-state index contributed by atoms with van der Waals surface area (Å²) in [7, 11) is -3.66. The molecule has 2 N–H and O–H groups in total. The van der Waals surface area contributed by atoms with E-state index in [1.807, 2.05) is 48.7 Å². The van der Waals surface area contributed by atoms with Crippen LogP contribution in [0.2, 0.25) is 5.02 Å². The molecule has 0 spiro atoms. The Kier molecular flexibility index (Phi) is 4.44. The Balaban J connectivity index is 1.59. The van der Waals surface area contributed by atoms with Gasteiger partial charge in [0.05, 0.1) is 4.90 Å². The van der Waals surface area contributed by atoms with Crippen molar-refractivity contribution in [1.82, 2.24) is 9.71 Å². The first-order valence-electron chi connectivity index (χ1n) is 8.28. The van der Waals surface area contributed by atoms with Gasteiger partial charge in [0.15, 0.2) is 0 Å². The first-order chi connectivity index (χ1) is 12.6. The molecule has 3 aromatic carbocycles. The van der Waals surface area contributed by atoms with E-state index in [4.69, 9.17) is 11.6 Å². The Hall–Kier alpha value is -2.34. The minimum atomic E-state index is -3.66. The predicted octanol–water partition coefficient (Wildman–Crippen LogP) is 4.50. The van der Waals surface area contributed by atoms with Crippen molar-refractivity contribution in [2.75, 3.05) is 6.54 Å². The molecule has 26 heavy (non-hydrogen) atoms. The van der Waals surface area contributed by atoms with Crippen molar-refractivity contribution in [1.29, 1.82) is 0 Å². The van der Waals surface area contributed by atoms with E-state index in [2.05, 4.69) is 9.71 Å². The van der Waals surface area contributed by atoms with E-state index in [0.717, 1.165) is 21.9 Å². The zero-order valence-corrected chi connectivity index (χ0v) is 15.4. The first kappa shape index (κ1) is 17.1. The molecule has 0 saturated carbocycles. The van der Waals surface area contributed by atoms with Crippen LogP contribution in [0.15, 0.2) is 71.8 Å². The lowest BCUT2D eigenvalue weighted by molar-refractivity contribution is 0.582. The summed E-state index contributed by atoms with van der Waals surface area (Å²) in [5.41, 5.74) is 2.13. The molecule has 0 fully saturated rings. The largest absolute Gasteiger partial charge is 0.361 e. The minimum Gasteiger partial charge on any atom is -0.361 e. The van der Waals surface area contributed by atoms with Crippen LogP contribution in [0.1, 0.15) is 5.56 Å². The van der Waals surface area contributed by atoms with Gasteiger partial charge in [0.2, 0.25) is 10.0 Å². The zero-order valence-electron chi connectivity index (χ0n) is 13.9. The molecule has 4 aromatic rings. The van der Waals surface area contributed by atoms with Crippen LogP contribution in [0, 0.1) is 0 Å². The number of hydrogen-bond acceptors (Lipinski definition) is 2. The van der Waals surface area contributed by atoms with Gasteiger partial charge in [-0.2, -0.15) is 0 Å². The molecule has 4 nitrogen and oxygen atoms in total. The first-order valence-corrected chi connectivity index (χ1v) is 10.1. The van der Waals surface area contributed by atoms with Crippen molar-refractivity contribution in [3.05, 3.63) is 77.4 Å². The quantitative estimate of drug-likeness (QED) is 0.532. The third-order valence-electron chi connectivity index (χ3n) is 4.47. The highest BCUT2D eigenvalue weighted by atomic mass is 35.5. The van der Waals surface area contributed by atoms with Crippen molar-refractivity contribution in [2.24, 2.45) is 0 Å². The normalized spacial score (nSPS) is 12.0. The number of H-pyrrole nitrogens is 1. The van der Waals surface area contributed by atoms with Gasteiger partial charge in [-0.3, -0.25) is 0 Å². The molecule has 0 aliphatic heterocycles. The number of aromatic amines is 1. The molecular weight excluding hydrogens is 368 g/mol. The Bertz CT molecular complexity index is 1190. The summed E-state index contributed by atoms with van der Waals surface area (Å²) in [6.07, 6.45) is 2.52. The summed E-state index contributed by atoms with van der Waals surface area (Å²) in [4.78, 5) is 3.41. The van der Waals surface area contributed by atoms with E-state index in [9.17, 15) is 8.42 Å². The van der Waals surface area contributed by atoms with E-state index >= 15 is 0 Å². The summed E-state index contributed by atoms with van der Waals surface area (Å²) >= 11 is 6.25. The summed E-state index contributed by atoms with van der Waals surface area (Å²) < 4.78 is 28.3. The maximum atomic E-state index is 12.8. The van der Waals surface area contributed by atoms with Crippen LogP contribution in [-0.4, -0.2) is 19.9 Å². The fraction of sp³-hybridized carbons (Fsp3) is 0.100. The van der Waals surface area contributed by atoms with E-state index < -0.39 is 10.0 Å². The van der Waals surface area contributed by atoms with Gasteiger partial charge >= 0.3 is 0 Å². The maximum Gasteiger partial charge on any atom is 0.241 e. The smallest absolute Gasteiger partial charge is 0.241 e. The molecule has 0 amide bonds. The van der Waals surface area contributed by atoms with Gasteiger partial charge in [-0.15, -0.1) is 0 Å². The second-order valence-corrected chi connectivity index (χ2v) is 8.24. The van der Waals surface area contributed by atoms with Gasteiger partial charge in [-0.05, 0) is 35.6 Å². The fourth-order valence-corrected chi connectivity index (χ4v) is 4.84. The Morgan fingerprint density at radius 2 is 1.73 bits per heavy atom. The van der Waals surface area contributed by atoms with Crippen LogP contribution in [0.4, 0.5) is 0 Å². The van der Waals surface area contributed by atoms with E-state index in [1.54, 1.807) is 18.2 Å². The topological polar surface area (TPSA) is 62.0 Å². The Morgan fingerprint density at radius 3 is 2.58 bits per heavy atom. The van der Waals surface area contributed by atoms with Crippen LogP contribution in [0.5, 0.6) is 0 Å². The van der Waals surface area contributed by atoms with Gasteiger partial charge < -0.3 is 4.98 Å². The molecule has 6 heteroatoms. The lowest BCUT2D eigenvalue weighted by Gasteiger charge is -2.10. The number of fused-ring (bicyclic) bond motifs is 2. The maximum absolute atomic E-state index is 12.8. The number of nitrogens with one attached hydrogen (secondary N) is 2. The standard InChI is InChI=1S/C20H17ClN2O2S/c21-17-8-3-5-14-6-4-10-19(20(14)17)26(24,25)23-12-11-15-13-22-18-9-2-1-7-16(15)18/h1-10,13,22-23H,11-12H2. The second-order valence-electron chi connectivity index (χ2n) is 6.10. The summed E-state index contributed by atoms with van der Waals surface area (Å²) in [5, 5.41) is 2.90. The highest BCUT2D eigenvalue weighted by Crippen LogP contribution is 2.29. The lowest BCUT2D eigenvalue weighted by Crippen LogP contribution is -2.26. The summed E-state index contributed by atoms with van der Waals surface area (Å²) in [6, 6.07) is 18.5. The summed E-state index contributed by atoms with van der Waals surface area (Å²) in [5.74, 6) is 0. The highest BCUT2D eigenvalue weighted by molar-refractivity contribution is 7.89. The molecule has 132 valence electrons. The average Bonchev–Trinajstić information content (AvgIpc) is 3.05. The number of rotatable bonds is 5. The number of para-hydroxylation sites is 1. The van der Waals surface area contributed by atoms with Crippen LogP contribution >= 0.6 is 11.6 Å². The number of hydrogen-bond donors (Lipinski definition) is 2. The minimum absolute atomic E-state index is 0.208. The van der Waals surface area contributed by atoms with Gasteiger partial charge in [-0.1, -0.05) is 54.1 Å². The van der Waals surface area contributed by atoms with Gasteiger partial charge in [0.25, 0.3) is 0 Å². The summed E-state index contributed by atoms with van der Waals surface area (Å²) in [6.45, 7) is 0.311.